The van der Waals surface area contributed by atoms with Crippen molar-refractivity contribution < 1.29 is 4.39 Å². The van der Waals surface area contributed by atoms with Gasteiger partial charge in [0.1, 0.15) is 10.3 Å². The van der Waals surface area contributed by atoms with Crippen LogP contribution in [0, 0.1) is 12.7 Å². The van der Waals surface area contributed by atoms with Crippen molar-refractivity contribution in [1.29, 1.82) is 0 Å². The van der Waals surface area contributed by atoms with Gasteiger partial charge in [0.15, 0.2) is 16.6 Å². The van der Waals surface area contributed by atoms with Crippen LogP contribution < -0.4 is 10.2 Å². The molecule has 0 radical (unpaired) electrons. The van der Waals surface area contributed by atoms with Crippen molar-refractivity contribution in [3.8, 4) is 11.3 Å². The summed E-state index contributed by atoms with van der Waals surface area (Å²) in [6.45, 7) is 1.86. The molecule has 6 heterocycles. The Labute approximate surface area is 189 Å². The van der Waals surface area contributed by atoms with Gasteiger partial charge >= 0.3 is 0 Å². The Balaban J connectivity index is 0.00000204. The summed E-state index contributed by atoms with van der Waals surface area (Å²) in [5.41, 5.74) is 3.50. The second kappa shape index (κ2) is 7.69. The highest BCUT2D eigenvalue weighted by atomic mass is 35.5. The van der Waals surface area contributed by atoms with Gasteiger partial charge in [-0.25, -0.2) is 19.3 Å². The minimum atomic E-state index is -0.340. The summed E-state index contributed by atoms with van der Waals surface area (Å²) in [4.78, 5) is 17.1. The molecule has 2 fully saturated rings. The summed E-state index contributed by atoms with van der Waals surface area (Å²) in [5.74, 6) is -0.340. The van der Waals surface area contributed by atoms with Crippen LogP contribution >= 0.6 is 23.7 Å². The Bertz CT molecular complexity index is 1260. The lowest BCUT2D eigenvalue weighted by atomic mass is 9.99. The molecule has 0 amide bonds. The first-order valence-electron chi connectivity index (χ1n) is 10.5. The first kappa shape index (κ1) is 20.6. The molecule has 4 aromatic heterocycles. The molecular formula is C22H24ClFN6S. The quantitative estimate of drug-likeness (QED) is 0.486. The van der Waals surface area contributed by atoms with Crippen LogP contribution in [-0.2, 0) is 0 Å². The Morgan fingerprint density at radius 3 is 2.68 bits per heavy atom. The highest BCUT2D eigenvalue weighted by Crippen LogP contribution is 2.35. The lowest BCUT2D eigenvalue weighted by Gasteiger charge is -2.35. The summed E-state index contributed by atoms with van der Waals surface area (Å²) in [6.07, 6.45) is 8.63. The van der Waals surface area contributed by atoms with Crippen molar-refractivity contribution in [2.45, 2.75) is 50.7 Å². The van der Waals surface area contributed by atoms with E-state index in [1.165, 1.54) is 31.7 Å². The third kappa shape index (κ3) is 3.56. The lowest BCUT2D eigenvalue weighted by molar-refractivity contribution is 0.354. The number of imidazole rings is 1. The van der Waals surface area contributed by atoms with Gasteiger partial charge in [0, 0.05) is 43.1 Å². The van der Waals surface area contributed by atoms with Gasteiger partial charge in [-0.05, 0) is 50.8 Å². The first-order valence-corrected chi connectivity index (χ1v) is 11.3. The van der Waals surface area contributed by atoms with Gasteiger partial charge in [-0.15, -0.1) is 12.4 Å². The zero-order valence-corrected chi connectivity index (χ0v) is 19.0. The van der Waals surface area contributed by atoms with Crippen LogP contribution in [0.5, 0.6) is 0 Å². The molecule has 6 nitrogen and oxygen atoms in total. The summed E-state index contributed by atoms with van der Waals surface area (Å²) >= 11 is 1.61. The fraction of sp³-hybridized carbons (Fsp3) is 0.409. The van der Waals surface area contributed by atoms with Crippen molar-refractivity contribution in [2.24, 2.45) is 0 Å². The van der Waals surface area contributed by atoms with Crippen LogP contribution in [0.4, 0.5) is 9.52 Å². The van der Waals surface area contributed by atoms with Crippen molar-refractivity contribution in [1.82, 2.24) is 24.7 Å². The zero-order valence-electron chi connectivity index (χ0n) is 17.4. The molecule has 2 aliphatic rings. The van der Waals surface area contributed by atoms with E-state index >= 15 is 0 Å². The van der Waals surface area contributed by atoms with Crippen LogP contribution in [0.2, 0.25) is 0 Å². The van der Waals surface area contributed by atoms with Crippen molar-refractivity contribution in [3.05, 3.63) is 42.1 Å². The minimum absolute atomic E-state index is 0. The standard InChI is InChI=1S/C22H23FN6S.ClH/c1-12-10-29-11-13(7-17(23)20(29)24-12)18-5-6-19-21(26-18)30-22(27-19)28(2)16-8-14-3-4-15(9-16)25-14;/h5-7,10-11,14-16,25H,3-4,8-9H2,1-2H3;1H. The lowest BCUT2D eigenvalue weighted by Crippen LogP contribution is -2.47. The number of halogens is 2. The molecule has 2 aliphatic heterocycles. The highest BCUT2D eigenvalue weighted by Gasteiger charge is 2.35. The predicted octanol–water partition coefficient (Wildman–Crippen LogP) is 4.59. The number of fused-ring (bicyclic) bond motifs is 4. The number of thiazole rings is 1. The number of rotatable bonds is 3. The summed E-state index contributed by atoms with van der Waals surface area (Å²) in [5, 5.41) is 4.71. The Kier molecular flexibility index (Phi) is 5.11. The van der Waals surface area contributed by atoms with Gasteiger partial charge in [-0.1, -0.05) is 11.3 Å². The molecule has 1 N–H and O–H groups in total. The molecule has 162 valence electrons. The maximum atomic E-state index is 14.5. The molecule has 0 saturated carbocycles. The topological polar surface area (TPSA) is 58.4 Å². The summed E-state index contributed by atoms with van der Waals surface area (Å²) < 4.78 is 16.2. The summed E-state index contributed by atoms with van der Waals surface area (Å²) in [6, 6.07) is 7.22. The predicted molar refractivity (Wildman–Crippen MR) is 125 cm³/mol. The fourth-order valence-electron chi connectivity index (χ4n) is 4.94. The monoisotopic (exact) mass is 458 g/mol. The van der Waals surface area contributed by atoms with Gasteiger partial charge < -0.3 is 14.6 Å². The Morgan fingerprint density at radius 2 is 1.90 bits per heavy atom. The van der Waals surface area contributed by atoms with E-state index in [9.17, 15) is 4.39 Å². The molecule has 0 aromatic carbocycles. The molecular weight excluding hydrogens is 435 g/mol. The van der Waals surface area contributed by atoms with Crippen molar-refractivity contribution >= 4 is 44.9 Å². The maximum absolute atomic E-state index is 14.5. The van der Waals surface area contributed by atoms with Gasteiger partial charge in [-0.3, -0.25) is 0 Å². The number of aromatic nitrogens is 4. The third-order valence-corrected chi connectivity index (χ3v) is 7.52. The van der Waals surface area contributed by atoms with Crippen LogP contribution in [0.1, 0.15) is 31.4 Å². The van der Waals surface area contributed by atoms with E-state index in [1.807, 2.05) is 31.5 Å². The number of aryl methyl sites for hydroxylation is 1. The van der Waals surface area contributed by atoms with E-state index in [4.69, 9.17) is 9.97 Å². The molecule has 9 heteroatoms. The largest absolute Gasteiger partial charge is 0.348 e. The Hall–Kier alpha value is -2.29. The molecule has 0 aliphatic carbocycles. The van der Waals surface area contributed by atoms with E-state index in [2.05, 4.69) is 22.2 Å². The summed E-state index contributed by atoms with van der Waals surface area (Å²) in [7, 11) is 2.15. The van der Waals surface area contributed by atoms with Crippen LogP contribution in [0.15, 0.2) is 30.6 Å². The second-order valence-corrected chi connectivity index (χ2v) is 9.54. The molecule has 0 spiro atoms. The number of nitrogens with zero attached hydrogens (tertiary/aromatic N) is 5. The number of hydrogen-bond acceptors (Lipinski definition) is 6. The van der Waals surface area contributed by atoms with E-state index in [0.717, 1.165) is 32.4 Å². The average molecular weight is 459 g/mol. The van der Waals surface area contributed by atoms with Gasteiger partial charge in [0.2, 0.25) is 0 Å². The molecule has 2 unspecified atom stereocenters. The van der Waals surface area contributed by atoms with Crippen LogP contribution in [0.25, 0.3) is 27.3 Å². The zero-order chi connectivity index (χ0) is 20.4. The molecule has 6 rings (SSSR count). The number of piperidine rings is 1. The maximum Gasteiger partial charge on any atom is 0.187 e. The van der Waals surface area contributed by atoms with Gasteiger partial charge in [0.05, 0.1) is 11.4 Å². The molecule has 31 heavy (non-hydrogen) atoms. The fourth-order valence-corrected chi connectivity index (χ4v) is 5.91. The van der Waals surface area contributed by atoms with E-state index in [1.54, 1.807) is 15.7 Å². The van der Waals surface area contributed by atoms with E-state index < -0.39 is 0 Å². The number of pyridine rings is 2. The second-order valence-electron chi connectivity index (χ2n) is 8.58. The van der Waals surface area contributed by atoms with Gasteiger partial charge in [-0.2, -0.15) is 0 Å². The third-order valence-electron chi connectivity index (χ3n) is 6.46. The van der Waals surface area contributed by atoms with E-state index in [0.29, 0.717) is 23.8 Å². The van der Waals surface area contributed by atoms with Crippen LogP contribution in [-0.4, -0.2) is 44.5 Å². The SMILES string of the molecule is Cc1cn2cc(-c3ccc4nc(N(C)C5CC6CCC(C5)N6)sc4n3)cc(F)c2n1.Cl. The molecule has 4 aromatic rings. The molecule has 2 saturated heterocycles. The van der Waals surface area contributed by atoms with Crippen molar-refractivity contribution in [3.63, 3.8) is 0 Å². The smallest absolute Gasteiger partial charge is 0.187 e. The molecule has 2 atom stereocenters. The van der Waals surface area contributed by atoms with Crippen molar-refractivity contribution in [2.75, 3.05) is 11.9 Å². The van der Waals surface area contributed by atoms with Gasteiger partial charge in [0.25, 0.3) is 0 Å². The highest BCUT2D eigenvalue weighted by molar-refractivity contribution is 7.21. The normalized spacial score (nSPS) is 22.7. The number of anilines is 1. The first-order chi connectivity index (χ1) is 14.5. The average Bonchev–Trinajstić information content (AvgIpc) is 3.42. The van der Waals surface area contributed by atoms with Crippen LogP contribution in [0.3, 0.4) is 0 Å². The Morgan fingerprint density at radius 1 is 1.13 bits per heavy atom. The van der Waals surface area contributed by atoms with E-state index in [-0.39, 0.29) is 18.2 Å². The minimum Gasteiger partial charge on any atom is -0.348 e. The molecule has 2 bridgehead atoms. The number of nitrogens with one attached hydrogen (secondary N) is 1. The number of hydrogen-bond donors (Lipinski definition) is 1.